The normalized spacial score (nSPS) is 17.9. The van der Waals surface area contributed by atoms with Gasteiger partial charge in [-0.05, 0) is 40.5 Å². The van der Waals surface area contributed by atoms with E-state index in [9.17, 15) is 9.59 Å². The molecule has 0 saturated carbocycles. The lowest BCUT2D eigenvalue weighted by Gasteiger charge is -2.28. The fourth-order valence-electron chi connectivity index (χ4n) is 2.31. The second kappa shape index (κ2) is 7.12. The number of hydrogen-bond acceptors (Lipinski definition) is 6. The first-order chi connectivity index (χ1) is 10.7. The van der Waals surface area contributed by atoms with E-state index >= 15 is 0 Å². The largest absolute Gasteiger partial charge is 0.444 e. The Morgan fingerprint density at radius 2 is 2.13 bits per heavy atom. The number of amides is 3. The van der Waals surface area contributed by atoms with Gasteiger partial charge in [-0.2, -0.15) is 0 Å². The van der Waals surface area contributed by atoms with Gasteiger partial charge >= 0.3 is 12.1 Å². The van der Waals surface area contributed by atoms with Crippen molar-refractivity contribution in [3.8, 4) is 0 Å². The maximum absolute atomic E-state index is 12.2. The lowest BCUT2D eigenvalue weighted by atomic mass is 10.2. The number of carbonyl (C=O) groups is 2. The zero-order chi connectivity index (χ0) is 17.0. The third-order valence-electron chi connectivity index (χ3n) is 3.25. The minimum atomic E-state index is -0.523. The van der Waals surface area contributed by atoms with Crippen molar-refractivity contribution in [3.63, 3.8) is 0 Å². The maximum Gasteiger partial charge on any atom is 0.410 e. The molecule has 2 rings (SSSR count). The molecule has 0 bridgehead atoms. The van der Waals surface area contributed by atoms with Gasteiger partial charge in [-0.25, -0.2) is 9.59 Å². The van der Waals surface area contributed by atoms with Gasteiger partial charge in [-0.3, -0.25) is 5.32 Å². The van der Waals surface area contributed by atoms with E-state index in [0.29, 0.717) is 18.2 Å². The number of nitrogens with zero attached hydrogens (tertiary/aromatic N) is 3. The Kier molecular flexibility index (Phi) is 5.40. The van der Waals surface area contributed by atoms with Crippen molar-refractivity contribution in [3.05, 3.63) is 5.01 Å². The van der Waals surface area contributed by atoms with Gasteiger partial charge in [0.2, 0.25) is 5.13 Å². The van der Waals surface area contributed by atoms with Crippen molar-refractivity contribution in [1.82, 2.24) is 20.4 Å². The van der Waals surface area contributed by atoms with E-state index < -0.39 is 5.60 Å². The minimum absolute atomic E-state index is 0.0493. The van der Waals surface area contributed by atoms with Gasteiger partial charge in [0.1, 0.15) is 10.6 Å². The summed E-state index contributed by atoms with van der Waals surface area (Å²) in [5.41, 5.74) is -0.523. The lowest BCUT2D eigenvalue weighted by molar-refractivity contribution is 0.0228. The molecule has 0 radical (unpaired) electrons. The molecule has 1 aromatic heterocycles. The average Bonchev–Trinajstić information content (AvgIpc) is 3.03. The molecule has 8 nitrogen and oxygen atoms in total. The van der Waals surface area contributed by atoms with Crippen LogP contribution in [0.2, 0.25) is 0 Å². The number of aromatic nitrogens is 2. The molecule has 2 N–H and O–H groups in total. The number of hydrogen-bond donors (Lipinski definition) is 2. The van der Waals surface area contributed by atoms with Crippen LogP contribution in [-0.4, -0.2) is 52.0 Å². The monoisotopic (exact) mass is 341 g/mol. The molecule has 23 heavy (non-hydrogen) atoms. The number of aryl methyl sites for hydroxylation is 1. The van der Waals surface area contributed by atoms with Gasteiger partial charge in [0.25, 0.3) is 0 Å². The number of likely N-dealkylation sites (tertiary alicyclic amines) is 1. The zero-order valence-corrected chi connectivity index (χ0v) is 14.7. The van der Waals surface area contributed by atoms with E-state index in [1.807, 2.05) is 27.7 Å². The molecule has 1 fully saturated rings. The molecule has 0 aliphatic carbocycles. The summed E-state index contributed by atoms with van der Waals surface area (Å²) in [6, 6.07) is -0.399. The Balaban J connectivity index is 1.81. The highest BCUT2D eigenvalue weighted by Crippen LogP contribution is 2.20. The summed E-state index contributed by atoms with van der Waals surface area (Å²) >= 11 is 1.31. The first kappa shape index (κ1) is 17.5. The Morgan fingerprint density at radius 3 is 2.74 bits per heavy atom. The number of urea groups is 1. The van der Waals surface area contributed by atoms with Crippen molar-refractivity contribution in [1.29, 1.82) is 0 Å². The summed E-state index contributed by atoms with van der Waals surface area (Å²) < 4.78 is 5.40. The number of rotatable bonds is 3. The summed E-state index contributed by atoms with van der Waals surface area (Å²) in [5.74, 6) is 0. The summed E-state index contributed by atoms with van der Waals surface area (Å²) in [7, 11) is 0. The maximum atomic E-state index is 12.2. The molecule has 0 unspecified atom stereocenters. The number of anilines is 1. The van der Waals surface area contributed by atoms with E-state index in [2.05, 4.69) is 20.8 Å². The molecule has 1 aliphatic heterocycles. The van der Waals surface area contributed by atoms with Gasteiger partial charge in [-0.1, -0.05) is 11.3 Å². The molecule has 1 saturated heterocycles. The first-order valence-corrected chi connectivity index (χ1v) is 8.41. The molecule has 1 atom stereocenters. The molecule has 2 heterocycles. The van der Waals surface area contributed by atoms with Crippen LogP contribution < -0.4 is 10.6 Å². The molecule has 1 aliphatic rings. The van der Waals surface area contributed by atoms with Crippen molar-refractivity contribution < 1.29 is 14.3 Å². The predicted molar refractivity (Wildman–Crippen MR) is 87.6 cm³/mol. The Bertz CT molecular complexity index is 569. The van der Waals surface area contributed by atoms with E-state index in [1.54, 1.807) is 4.90 Å². The Labute approximate surface area is 139 Å². The Morgan fingerprint density at radius 1 is 1.39 bits per heavy atom. The molecule has 3 amide bonds. The average molecular weight is 341 g/mol. The quantitative estimate of drug-likeness (QED) is 0.880. The summed E-state index contributed by atoms with van der Waals surface area (Å²) in [6.07, 6.45) is 1.42. The van der Waals surface area contributed by atoms with E-state index in [4.69, 9.17) is 4.74 Å². The predicted octanol–water partition coefficient (Wildman–Crippen LogP) is 2.37. The van der Waals surface area contributed by atoms with Crippen LogP contribution in [0.4, 0.5) is 14.7 Å². The fraction of sp³-hybridized carbons (Fsp3) is 0.714. The standard InChI is InChI=1S/C14H23N5O3S/c1-9-17-18-12(23-9)16-11(20)15-8-10-6-5-7-19(10)13(21)22-14(2,3)4/h10H,5-8H2,1-4H3,(H2,15,16,18,20)/t10-/m1/s1. The summed E-state index contributed by atoms with van der Waals surface area (Å²) in [4.78, 5) is 25.7. The molecule has 9 heteroatoms. The topological polar surface area (TPSA) is 96.5 Å². The third kappa shape index (κ3) is 5.34. The van der Waals surface area contributed by atoms with Gasteiger partial charge in [0, 0.05) is 13.1 Å². The third-order valence-corrected chi connectivity index (χ3v) is 4.00. The van der Waals surface area contributed by atoms with E-state index in [0.717, 1.165) is 17.8 Å². The second-order valence-electron chi connectivity index (χ2n) is 6.43. The van der Waals surface area contributed by atoms with Crippen LogP contribution in [0.1, 0.15) is 38.6 Å². The van der Waals surface area contributed by atoms with Crippen LogP contribution in [0.5, 0.6) is 0 Å². The van der Waals surface area contributed by atoms with Gasteiger partial charge in [0.15, 0.2) is 0 Å². The van der Waals surface area contributed by atoms with Gasteiger partial charge in [-0.15, -0.1) is 10.2 Å². The smallest absolute Gasteiger partial charge is 0.410 e. The molecule has 128 valence electrons. The minimum Gasteiger partial charge on any atom is -0.444 e. The van der Waals surface area contributed by atoms with Crippen LogP contribution >= 0.6 is 11.3 Å². The number of nitrogens with one attached hydrogen (secondary N) is 2. The van der Waals surface area contributed by atoms with E-state index in [1.165, 1.54) is 11.3 Å². The number of ether oxygens (including phenoxy) is 1. The lowest BCUT2D eigenvalue weighted by Crippen LogP contribution is -2.45. The SMILES string of the molecule is Cc1nnc(NC(=O)NC[C@H]2CCCN2C(=O)OC(C)(C)C)s1. The van der Waals surface area contributed by atoms with Crippen molar-refractivity contribution in [2.75, 3.05) is 18.4 Å². The summed E-state index contributed by atoms with van der Waals surface area (Å²) in [5, 5.41) is 14.3. The van der Waals surface area contributed by atoms with Crippen LogP contribution in [0.3, 0.4) is 0 Å². The summed E-state index contributed by atoms with van der Waals surface area (Å²) in [6.45, 7) is 8.36. The molecular weight excluding hydrogens is 318 g/mol. The zero-order valence-electron chi connectivity index (χ0n) is 13.9. The van der Waals surface area contributed by atoms with Crippen molar-refractivity contribution >= 4 is 28.6 Å². The molecule has 0 spiro atoms. The Hall–Kier alpha value is -1.90. The molecule has 0 aromatic carbocycles. The number of carbonyl (C=O) groups excluding carboxylic acids is 2. The fourth-order valence-corrected chi connectivity index (χ4v) is 2.89. The highest BCUT2D eigenvalue weighted by molar-refractivity contribution is 7.15. The first-order valence-electron chi connectivity index (χ1n) is 7.59. The van der Waals surface area contributed by atoms with Crippen LogP contribution in [0.25, 0.3) is 0 Å². The highest BCUT2D eigenvalue weighted by atomic mass is 32.1. The molecule has 1 aromatic rings. The molecular formula is C14H23N5O3S. The second-order valence-corrected chi connectivity index (χ2v) is 7.61. The van der Waals surface area contributed by atoms with Crippen molar-refractivity contribution in [2.24, 2.45) is 0 Å². The van der Waals surface area contributed by atoms with Gasteiger partial charge < -0.3 is 15.0 Å². The van der Waals surface area contributed by atoms with Gasteiger partial charge in [0.05, 0.1) is 6.04 Å². The highest BCUT2D eigenvalue weighted by Gasteiger charge is 2.32. The van der Waals surface area contributed by atoms with Crippen LogP contribution in [0.15, 0.2) is 0 Å². The van der Waals surface area contributed by atoms with Crippen molar-refractivity contribution in [2.45, 2.75) is 52.2 Å². The van der Waals surface area contributed by atoms with E-state index in [-0.39, 0.29) is 18.2 Å². The van der Waals surface area contributed by atoms with Crippen LogP contribution in [0, 0.1) is 6.92 Å². The van der Waals surface area contributed by atoms with Crippen LogP contribution in [-0.2, 0) is 4.74 Å².